The number of hydrogen-bond acceptors (Lipinski definition) is 7. The number of nitrogen functional groups attached to an aromatic ring is 1. The van der Waals surface area contributed by atoms with Gasteiger partial charge in [0.1, 0.15) is 0 Å². The minimum Gasteiger partial charge on any atom is -0.398 e. The topological polar surface area (TPSA) is 101 Å². The molecule has 2 aromatic heterocycles. The number of benzene rings is 2. The lowest BCUT2D eigenvalue weighted by Gasteiger charge is -2.09. The summed E-state index contributed by atoms with van der Waals surface area (Å²) in [6.07, 6.45) is 1.92. The zero-order chi connectivity index (χ0) is 19.7. The van der Waals surface area contributed by atoms with E-state index in [0.717, 1.165) is 27.7 Å². The Kier molecular flexibility index (Phi) is 4.63. The first-order chi connectivity index (χ1) is 13.6. The van der Waals surface area contributed by atoms with E-state index in [1.165, 1.54) is 11.8 Å². The molecule has 0 atom stereocenters. The number of nitriles is 1. The summed E-state index contributed by atoms with van der Waals surface area (Å²) in [5.74, 6) is 1.13. The fraction of sp³-hybridized carbons (Fsp3) is 0.0952. The summed E-state index contributed by atoms with van der Waals surface area (Å²) >= 11 is 1.45. The van der Waals surface area contributed by atoms with E-state index in [1.807, 2.05) is 49.6 Å². The predicted molar refractivity (Wildman–Crippen MR) is 112 cm³/mol. The summed E-state index contributed by atoms with van der Waals surface area (Å²) < 4.78 is 0. The van der Waals surface area contributed by atoms with Gasteiger partial charge in [-0.3, -0.25) is 4.98 Å². The molecule has 0 saturated carbocycles. The van der Waals surface area contributed by atoms with Gasteiger partial charge in [0.25, 0.3) is 0 Å². The second-order valence-electron chi connectivity index (χ2n) is 6.24. The van der Waals surface area contributed by atoms with Crippen LogP contribution in [0.4, 0.5) is 5.69 Å². The molecule has 4 aromatic rings. The lowest BCUT2D eigenvalue weighted by molar-refractivity contribution is 0.923. The molecule has 0 aliphatic rings. The number of thioether (sulfide) groups is 1. The summed E-state index contributed by atoms with van der Waals surface area (Å²) in [6.45, 7) is 1.92. The molecule has 2 heterocycles. The highest BCUT2D eigenvalue weighted by Crippen LogP contribution is 2.28. The SMILES string of the molecule is CSc1nc(-c2ccc(C#N)cc2)nc(-c2ccc3nc(C)cc(N)c3c2)n1. The molecule has 0 saturated heterocycles. The largest absolute Gasteiger partial charge is 0.398 e. The van der Waals surface area contributed by atoms with Gasteiger partial charge in [-0.05, 0) is 61.7 Å². The van der Waals surface area contributed by atoms with Crippen molar-refractivity contribution in [2.45, 2.75) is 12.1 Å². The van der Waals surface area contributed by atoms with Crippen molar-refractivity contribution >= 4 is 28.4 Å². The lowest BCUT2D eigenvalue weighted by Crippen LogP contribution is -1.99. The Morgan fingerprint density at radius 3 is 2.25 bits per heavy atom. The minimum atomic E-state index is 0.564. The maximum Gasteiger partial charge on any atom is 0.191 e. The highest BCUT2D eigenvalue weighted by Gasteiger charge is 2.12. The number of aryl methyl sites for hydroxylation is 1. The average molecular weight is 384 g/mol. The van der Waals surface area contributed by atoms with Crippen LogP contribution in [0.2, 0.25) is 0 Å². The number of nitrogens with zero attached hydrogens (tertiary/aromatic N) is 5. The molecule has 2 N–H and O–H groups in total. The maximum atomic E-state index is 8.99. The van der Waals surface area contributed by atoms with Gasteiger partial charge in [-0.2, -0.15) is 5.26 Å². The molecule has 0 aliphatic heterocycles. The molecule has 136 valence electrons. The molecule has 7 heteroatoms. The molecule has 28 heavy (non-hydrogen) atoms. The van der Waals surface area contributed by atoms with Gasteiger partial charge in [-0.1, -0.05) is 11.8 Å². The van der Waals surface area contributed by atoms with Gasteiger partial charge >= 0.3 is 0 Å². The van der Waals surface area contributed by atoms with Crippen molar-refractivity contribution in [2.75, 3.05) is 12.0 Å². The van der Waals surface area contributed by atoms with E-state index in [1.54, 1.807) is 12.1 Å². The van der Waals surface area contributed by atoms with Crippen molar-refractivity contribution in [1.29, 1.82) is 5.26 Å². The molecule has 6 nitrogen and oxygen atoms in total. The Morgan fingerprint density at radius 2 is 1.57 bits per heavy atom. The summed E-state index contributed by atoms with van der Waals surface area (Å²) in [5, 5.41) is 10.5. The standard InChI is InChI=1S/C21H16N6S/c1-12-9-17(23)16-10-15(7-8-18(16)24-12)20-25-19(26-21(27-20)28-2)14-5-3-13(11-22)4-6-14/h3-10H,1-2H3,(H2,23,24). The Balaban J connectivity index is 1.85. The van der Waals surface area contributed by atoms with Crippen molar-refractivity contribution in [3.05, 3.63) is 59.8 Å². The molecule has 0 aliphatic carbocycles. The molecule has 0 amide bonds. The second-order valence-corrected chi connectivity index (χ2v) is 7.02. The van der Waals surface area contributed by atoms with E-state index in [2.05, 4.69) is 26.0 Å². The second kappa shape index (κ2) is 7.25. The van der Waals surface area contributed by atoms with E-state index in [4.69, 9.17) is 11.0 Å². The Hall–Kier alpha value is -3.50. The quantitative estimate of drug-likeness (QED) is 0.527. The maximum absolute atomic E-state index is 8.99. The number of aromatic nitrogens is 4. The highest BCUT2D eigenvalue weighted by molar-refractivity contribution is 7.98. The molecule has 0 fully saturated rings. The zero-order valence-electron chi connectivity index (χ0n) is 15.3. The third-order valence-electron chi connectivity index (χ3n) is 4.30. The zero-order valence-corrected chi connectivity index (χ0v) is 16.2. The summed E-state index contributed by atoms with van der Waals surface area (Å²) in [5.41, 5.74) is 10.8. The number of nitrogens with two attached hydrogens (primary N) is 1. The molecular weight excluding hydrogens is 368 g/mol. The van der Waals surface area contributed by atoms with Crippen LogP contribution in [0.25, 0.3) is 33.7 Å². The fourth-order valence-corrected chi connectivity index (χ4v) is 3.28. The lowest BCUT2D eigenvalue weighted by atomic mass is 10.1. The van der Waals surface area contributed by atoms with Crippen LogP contribution in [0, 0.1) is 18.3 Å². The van der Waals surface area contributed by atoms with Crippen LogP contribution < -0.4 is 5.73 Å². The highest BCUT2D eigenvalue weighted by atomic mass is 32.2. The fourth-order valence-electron chi connectivity index (χ4n) is 2.93. The van der Waals surface area contributed by atoms with Gasteiger partial charge in [0.05, 0.1) is 17.1 Å². The van der Waals surface area contributed by atoms with Crippen LogP contribution in [-0.2, 0) is 0 Å². The minimum absolute atomic E-state index is 0.564. The molecule has 0 unspecified atom stereocenters. The van der Waals surface area contributed by atoms with Gasteiger partial charge in [-0.25, -0.2) is 15.0 Å². The monoisotopic (exact) mass is 384 g/mol. The van der Waals surface area contributed by atoms with Gasteiger partial charge in [0.15, 0.2) is 16.8 Å². The van der Waals surface area contributed by atoms with E-state index >= 15 is 0 Å². The molecule has 4 rings (SSSR count). The number of hydrogen-bond donors (Lipinski definition) is 1. The molecule has 0 spiro atoms. The van der Waals surface area contributed by atoms with Crippen molar-refractivity contribution in [1.82, 2.24) is 19.9 Å². The first kappa shape index (κ1) is 17.9. The van der Waals surface area contributed by atoms with Gasteiger partial charge in [-0.15, -0.1) is 0 Å². The Bertz CT molecular complexity index is 1230. The van der Waals surface area contributed by atoms with Crippen LogP contribution in [0.5, 0.6) is 0 Å². The van der Waals surface area contributed by atoms with Gasteiger partial charge in [0.2, 0.25) is 0 Å². The van der Waals surface area contributed by atoms with E-state index in [0.29, 0.717) is 28.1 Å². The smallest absolute Gasteiger partial charge is 0.191 e. The van der Waals surface area contributed by atoms with Crippen LogP contribution in [0.15, 0.2) is 53.7 Å². The molecule has 2 aromatic carbocycles. The van der Waals surface area contributed by atoms with Crippen molar-refractivity contribution in [3.8, 4) is 28.8 Å². The first-order valence-corrected chi connectivity index (χ1v) is 9.78. The van der Waals surface area contributed by atoms with E-state index in [9.17, 15) is 0 Å². The molecule has 0 radical (unpaired) electrons. The van der Waals surface area contributed by atoms with Crippen molar-refractivity contribution in [3.63, 3.8) is 0 Å². The van der Waals surface area contributed by atoms with Crippen molar-refractivity contribution in [2.24, 2.45) is 0 Å². The van der Waals surface area contributed by atoms with Crippen LogP contribution in [0.1, 0.15) is 11.3 Å². The molecule has 0 bridgehead atoms. The van der Waals surface area contributed by atoms with Gasteiger partial charge < -0.3 is 5.73 Å². The number of anilines is 1. The third kappa shape index (κ3) is 3.38. The molecular formula is C21H16N6S. The number of fused-ring (bicyclic) bond motifs is 1. The van der Waals surface area contributed by atoms with Crippen LogP contribution in [-0.4, -0.2) is 26.2 Å². The average Bonchev–Trinajstić information content (AvgIpc) is 2.73. The van der Waals surface area contributed by atoms with Crippen LogP contribution in [0.3, 0.4) is 0 Å². The Morgan fingerprint density at radius 1 is 0.893 bits per heavy atom. The Labute approximate surface area is 166 Å². The number of rotatable bonds is 3. The van der Waals surface area contributed by atoms with Crippen molar-refractivity contribution < 1.29 is 0 Å². The summed E-state index contributed by atoms with van der Waals surface area (Å²) in [7, 11) is 0. The van der Waals surface area contributed by atoms with E-state index < -0.39 is 0 Å². The van der Waals surface area contributed by atoms with Crippen LogP contribution >= 0.6 is 11.8 Å². The number of pyridine rings is 1. The van der Waals surface area contributed by atoms with E-state index in [-0.39, 0.29) is 0 Å². The third-order valence-corrected chi connectivity index (χ3v) is 4.84. The summed E-state index contributed by atoms with van der Waals surface area (Å²) in [6, 6.07) is 17.0. The summed E-state index contributed by atoms with van der Waals surface area (Å²) in [4.78, 5) is 18.3. The normalized spacial score (nSPS) is 10.8. The van der Waals surface area contributed by atoms with Gasteiger partial charge in [0, 0.05) is 27.9 Å². The first-order valence-electron chi connectivity index (χ1n) is 8.55. The predicted octanol–water partition coefficient (Wildman–Crippen LogP) is 4.24.